The van der Waals surface area contributed by atoms with Gasteiger partial charge in [-0.2, -0.15) is 18.3 Å². The van der Waals surface area contributed by atoms with Gasteiger partial charge in [0, 0.05) is 40.1 Å². The van der Waals surface area contributed by atoms with Gasteiger partial charge in [-0.3, -0.25) is 4.68 Å². The smallest absolute Gasteiger partial charge is 0.435 e. The van der Waals surface area contributed by atoms with Gasteiger partial charge in [0.2, 0.25) is 0 Å². The molecule has 0 aliphatic carbocycles. The summed E-state index contributed by atoms with van der Waals surface area (Å²) in [6.07, 6.45) is -3.55. The van der Waals surface area contributed by atoms with Crippen LogP contribution in [-0.2, 0) is 30.6 Å². The van der Waals surface area contributed by atoms with Crippen LogP contribution < -0.4 is 0 Å². The lowest BCUT2D eigenvalue weighted by Gasteiger charge is -2.34. The van der Waals surface area contributed by atoms with Crippen molar-refractivity contribution in [2.45, 2.75) is 64.7 Å². The van der Waals surface area contributed by atoms with E-state index in [0.29, 0.717) is 16.4 Å². The minimum atomic E-state index is -4.77. The van der Waals surface area contributed by atoms with Gasteiger partial charge in [0.15, 0.2) is 5.69 Å². The Bertz CT molecular complexity index is 1230. The van der Waals surface area contributed by atoms with Crippen molar-refractivity contribution in [3.05, 3.63) is 61.8 Å². The number of hydrogen-bond acceptors (Lipinski definition) is 4. The highest BCUT2D eigenvalue weighted by molar-refractivity contribution is 7.90. The van der Waals surface area contributed by atoms with Crippen molar-refractivity contribution < 1.29 is 22.1 Å². The molecule has 0 amide bonds. The lowest BCUT2D eigenvalue weighted by atomic mass is 9.91. The Hall–Kier alpha value is -1.59. The fourth-order valence-corrected chi connectivity index (χ4v) is 7.13. The zero-order valence-corrected chi connectivity index (χ0v) is 21.6. The quantitative estimate of drug-likeness (QED) is 0.265. The first kappa shape index (κ1) is 25.5. The maximum Gasteiger partial charge on any atom is 0.435 e. The molecule has 0 saturated heterocycles. The number of benzene rings is 1. The van der Waals surface area contributed by atoms with Gasteiger partial charge in [-0.05, 0) is 57.4 Å². The van der Waals surface area contributed by atoms with Gasteiger partial charge in [0.25, 0.3) is 0 Å². The average molecular weight is 534 g/mol. The van der Waals surface area contributed by atoms with E-state index in [0.717, 1.165) is 26.8 Å². The number of halogens is 5. The fourth-order valence-electron chi connectivity index (χ4n) is 4.25. The van der Waals surface area contributed by atoms with Crippen molar-refractivity contribution in [2.24, 2.45) is 0 Å². The van der Waals surface area contributed by atoms with Gasteiger partial charge in [0.05, 0.1) is 10.9 Å². The van der Waals surface area contributed by atoms with E-state index < -0.39 is 39.8 Å². The van der Waals surface area contributed by atoms with Gasteiger partial charge in [-0.1, -0.05) is 23.7 Å². The van der Waals surface area contributed by atoms with Gasteiger partial charge in [-0.15, -0.1) is 15.6 Å². The molecule has 2 aromatic heterocycles. The maximum atomic E-state index is 15.4. The predicted molar refractivity (Wildman–Crippen MR) is 128 cm³/mol. The minimum Gasteiger partial charge on any atom is -0.597 e. The third-order valence-corrected chi connectivity index (χ3v) is 9.18. The predicted octanol–water partition coefficient (Wildman–Crippen LogP) is 7.12. The number of thiophene rings is 1. The molecule has 4 rings (SSSR count). The van der Waals surface area contributed by atoms with Crippen LogP contribution in [0.1, 0.15) is 61.0 Å². The van der Waals surface area contributed by atoms with E-state index in [1.807, 2.05) is 27.7 Å². The second-order valence-electron chi connectivity index (χ2n) is 9.13. The third kappa shape index (κ3) is 4.28. The molecule has 1 aliphatic rings. The van der Waals surface area contributed by atoms with Crippen LogP contribution in [0.15, 0.2) is 24.4 Å². The van der Waals surface area contributed by atoms with Crippen molar-refractivity contribution in [1.29, 1.82) is 0 Å². The number of hydrogen-bond donors (Lipinski definition) is 0. The Morgan fingerprint density at radius 1 is 1.26 bits per heavy atom. The molecule has 3 heterocycles. The number of fused-ring (bicyclic) bond motifs is 1. The van der Waals surface area contributed by atoms with Gasteiger partial charge >= 0.3 is 6.18 Å². The Balaban J connectivity index is 2.00. The third-order valence-electron chi connectivity index (χ3n) is 5.77. The summed E-state index contributed by atoms with van der Waals surface area (Å²) >= 11 is 6.23. The van der Waals surface area contributed by atoms with E-state index in [1.54, 1.807) is 17.3 Å². The summed E-state index contributed by atoms with van der Waals surface area (Å²) in [5.41, 5.74) is 0.158. The van der Waals surface area contributed by atoms with Crippen LogP contribution >= 0.6 is 22.9 Å². The molecule has 1 aromatic carbocycles. The van der Waals surface area contributed by atoms with Crippen LogP contribution in [-0.4, -0.2) is 23.4 Å². The number of rotatable bonds is 4. The molecule has 1 aliphatic heterocycles. The fraction of sp³-hybridized carbons (Fsp3) is 0.435. The van der Waals surface area contributed by atoms with Crippen LogP contribution in [0, 0.1) is 12.7 Å². The van der Waals surface area contributed by atoms with E-state index in [1.165, 1.54) is 23.6 Å². The van der Waals surface area contributed by atoms with Gasteiger partial charge < -0.3 is 4.55 Å². The van der Waals surface area contributed by atoms with Crippen LogP contribution in [0.4, 0.5) is 17.6 Å². The molecule has 0 radical (unpaired) electrons. The van der Waals surface area contributed by atoms with Crippen LogP contribution in [0.25, 0.3) is 11.1 Å². The number of nitrogens with zero attached hydrogens (tertiary/aromatic N) is 3. The molecule has 1 unspecified atom stereocenters. The molecular formula is C23H24ClF4N3OS2. The van der Waals surface area contributed by atoms with E-state index >= 15 is 4.39 Å². The highest BCUT2D eigenvalue weighted by Crippen LogP contribution is 2.52. The second-order valence-corrected chi connectivity index (χ2v) is 13.0. The second kappa shape index (κ2) is 8.81. The highest BCUT2D eigenvalue weighted by Gasteiger charge is 2.48. The van der Waals surface area contributed by atoms with Crippen molar-refractivity contribution >= 4 is 34.3 Å². The lowest BCUT2D eigenvalue weighted by Crippen LogP contribution is -2.42. The largest absolute Gasteiger partial charge is 0.597 e. The number of aryl methyl sites for hydroxylation is 1. The zero-order chi connectivity index (χ0) is 25.2. The summed E-state index contributed by atoms with van der Waals surface area (Å²) in [6, 6.07) is 3.47. The molecule has 3 aromatic rings. The normalized spacial score (nSPS) is 17.9. The molecule has 0 fully saturated rings. The summed E-state index contributed by atoms with van der Waals surface area (Å²) in [7, 11) is 0. The maximum absolute atomic E-state index is 15.4. The SMILES string of the molecule is CCn1cc(-c2c(F)cccc2[C@H]2c3c(sc(Cl)c3C)CN2[S+]([O-])C(C)(C)C)c(C(F)(F)F)n1. The molecule has 11 heteroatoms. The van der Waals surface area contributed by atoms with E-state index in [-0.39, 0.29) is 17.7 Å². The molecule has 184 valence electrons. The summed E-state index contributed by atoms with van der Waals surface area (Å²) < 4.78 is 73.5. The first-order valence-corrected chi connectivity index (χ1v) is 13.0. The van der Waals surface area contributed by atoms with E-state index in [2.05, 4.69) is 5.10 Å². The Kier molecular flexibility index (Phi) is 6.61. The van der Waals surface area contributed by atoms with Crippen molar-refractivity contribution in [3.8, 4) is 11.1 Å². The van der Waals surface area contributed by atoms with Gasteiger partial charge in [-0.25, -0.2) is 4.39 Å². The molecule has 0 bridgehead atoms. The highest BCUT2D eigenvalue weighted by atomic mass is 35.5. The lowest BCUT2D eigenvalue weighted by molar-refractivity contribution is -0.141. The molecular weight excluding hydrogens is 510 g/mol. The van der Waals surface area contributed by atoms with E-state index in [4.69, 9.17) is 11.6 Å². The molecule has 0 saturated carbocycles. The molecule has 0 N–H and O–H groups in total. The summed E-state index contributed by atoms with van der Waals surface area (Å²) in [6.45, 7) is 9.46. The number of aromatic nitrogens is 2. The average Bonchev–Trinajstić information content (AvgIpc) is 3.39. The van der Waals surface area contributed by atoms with E-state index in [9.17, 15) is 17.7 Å². The Morgan fingerprint density at radius 3 is 2.53 bits per heavy atom. The van der Waals surface area contributed by atoms with Crippen LogP contribution in [0.5, 0.6) is 0 Å². The van der Waals surface area contributed by atoms with Crippen LogP contribution in [0.3, 0.4) is 0 Å². The summed E-state index contributed by atoms with van der Waals surface area (Å²) in [4.78, 5) is 0.876. The first-order valence-electron chi connectivity index (χ1n) is 10.6. The minimum absolute atomic E-state index is 0.190. The van der Waals surface area contributed by atoms with Gasteiger partial charge in [0.1, 0.15) is 16.6 Å². The Labute approximate surface area is 207 Å². The summed E-state index contributed by atoms with van der Waals surface area (Å²) in [5.74, 6) is -0.799. The summed E-state index contributed by atoms with van der Waals surface area (Å²) in [5, 5.41) is 3.68. The topological polar surface area (TPSA) is 44.1 Å². The first-order chi connectivity index (χ1) is 15.8. The van der Waals surface area contributed by atoms with Crippen molar-refractivity contribution in [1.82, 2.24) is 14.1 Å². The molecule has 4 nitrogen and oxygen atoms in total. The van der Waals surface area contributed by atoms with Crippen LogP contribution in [0.2, 0.25) is 4.34 Å². The Morgan fingerprint density at radius 2 is 1.94 bits per heavy atom. The number of alkyl halides is 3. The molecule has 2 atom stereocenters. The monoisotopic (exact) mass is 533 g/mol. The molecule has 0 spiro atoms. The van der Waals surface area contributed by atoms with Crippen molar-refractivity contribution in [3.63, 3.8) is 0 Å². The van der Waals surface area contributed by atoms with Crippen molar-refractivity contribution in [2.75, 3.05) is 0 Å². The molecule has 34 heavy (non-hydrogen) atoms. The standard InChI is InChI=1S/C23H24ClF4N3OS2/c1-6-30-10-14(20(29-30)23(26,27)28)18-13(8-7-9-15(18)25)19-17-12(2)21(24)33-16(17)11-31(19)34(32)22(3,4)5/h7-10,19H,6,11H2,1-5H3/t19-,34?/m0/s1. The zero-order valence-electron chi connectivity index (χ0n) is 19.3.